The third-order valence-electron chi connectivity index (χ3n) is 6.56. The first-order valence-electron chi connectivity index (χ1n) is 11.1. The Morgan fingerprint density at radius 1 is 0.786 bits per heavy atom. The summed E-state index contributed by atoms with van der Waals surface area (Å²) in [7, 11) is 0. The van der Waals surface area contributed by atoms with Crippen molar-refractivity contribution < 1.29 is 8.78 Å². The van der Waals surface area contributed by atoms with Crippen LogP contribution < -0.4 is 0 Å². The zero-order valence-electron chi connectivity index (χ0n) is 17.4. The zero-order chi connectivity index (χ0) is 19.9. The number of halogens is 2. The Balaban J connectivity index is 1.52. The summed E-state index contributed by atoms with van der Waals surface area (Å²) in [5.74, 6) is 0.590. The normalized spacial score (nSPS) is 19.7. The van der Waals surface area contributed by atoms with Gasteiger partial charge in [0, 0.05) is 5.56 Å². The third-order valence-corrected chi connectivity index (χ3v) is 6.56. The molecular formula is C26H34F2. The van der Waals surface area contributed by atoms with Crippen LogP contribution in [0.4, 0.5) is 8.78 Å². The molecule has 2 aromatic carbocycles. The minimum atomic E-state index is -0.480. The Morgan fingerprint density at radius 3 is 2.00 bits per heavy atom. The van der Waals surface area contributed by atoms with Crippen LogP contribution in [0, 0.1) is 24.5 Å². The maximum atomic E-state index is 13.8. The molecule has 2 heteroatoms. The van der Waals surface area contributed by atoms with Crippen molar-refractivity contribution in [3.63, 3.8) is 0 Å². The Hall–Kier alpha value is -1.70. The van der Waals surface area contributed by atoms with E-state index in [4.69, 9.17) is 0 Å². The molecule has 0 amide bonds. The van der Waals surface area contributed by atoms with Gasteiger partial charge in [-0.05, 0) is 73.3 Å². The van der Waals surface area contributed by atoms with E-state index < -0.39 is 11.6 Å². The minimum absolute atomic E-state index is 0.0856. The van der Waals surface area contributed by atoms with E-state index in [9.17, 15) is 8.78 Å². The van der Waals surface area contributed by atoms with Crippen molar-refractivity contribution in [2.75, 3.05) is 0 Å². The molecule has 0 aromatic heterocycles. The van der Waals surface area contributed by atoms with E-state index in [2.05, 4.69) is 19.1 Å². The van der Waals surface area contributed by atoms with Crippen molar-refractivity contribution >= 4 is 0 Å². The van der Waals surface area contributed by atoms with Gasteiger partial charge in [-0.15, -0.1) is 0 Å². The molecule has 0 unspecified atom stereocenters. The standard InChI is InChI=1S/C26H34F2/c1-3-4-5-6-7-8-20-9-11-21(12-10-20)22-13-15-23(16-14-22)24-17-25(27)19(2)26(28)18-24/h13-18,20-21H,3-12H2,1-2H3. The molecule has 152 valence electrons. The Labute approximate surface area is 169 Å². The predicted molar refractivity (Wildman–Crippen MR) is 115 cm³/mol. The van der Waals surface area contributed by atoms with Crippen LogP contribution in [0.15, 0.2) is 36.4 Å². The molecule has 1 aliphatic rings. The zero-order valence-corrected chi connectivity index (χ0v) is 17.4. The number of unbranched alkanes of at least 4 members (excludes halogenated alkanes) is 4. The first-order chi connectivity index (χ1) is 13.6. The second-order valence-electron chi connectivity index (χ2n) is 8.61. The lowest BCUT2D eigenvalue weighted by Gasteiger charge is -2.29. The van der Waals surface area contributed by atoms with Crippen LogP contribution in [0.5, 0.6) is 0 Å². The monoisotopic (exact) mass is 384 g/mol. The average molecular weight is 385 g/mol. The molecule has 0 aliphatic heterocycles. The van der Waals surface area contributed by atoms with E-state index >= 15 is 0 Å². The minimum Gasteiger partial charge on any atom is -0.207 e. The van der Waals surface area contributed by atoms with Crippen molar-refractivity contribution in [1.82, 2.24) is 0 Å². The molecule has 0 radical (unpaired) electrons. The highest BCUT2D eigenvalue weighted by Gasteiger charge is 2.22. The lowest BCUT2D eigenvalue weighted by Crippen LogP contribution is -2.13. The molecule has 0 saturated heterocycles. The van der Waals surface area contributed by atoms with E-state index in [-0.39, 0.29) is 5.56 Å². The van der Waals surface area contributed by atoms with Crippen molar-refractivity contribution in [2.45, 2.75) is 84.0 Å². The Kier molecular flexibility index (Phi) is 7.65. The maximum absolute atomic E-state index is 13.8. The van der Waals surface area contributed by atoms with Crippen LogP contribution in [0.3, 0.4) is 0 Å². The van der Waals surface area contributed by atoms with Gasteiger partial charge in [-0.1, -0.05) is 69.7 Å². The van der Waals surface area contributed by atoms with Crippen LogP contribution in [0.1, 0.15) is 88.2 Å². The summed E-state index contributed by atoms with van der Waals surface area (Å²) in [6, 6.07) is 11.2. The highest BCUT2D eigenvalue weighted by Crippen LogP contribution is 2.38. The smallest absolute Gasteiger partial charge is 0.129 e. The first kappa shape index (κ1) is 21.0. The van der Waals surface area contributed by atoms with Gasteiger partial charge < -0.3 is 0 Å². The van der Waals surface area contributed by atoms with Crippen LogP contribution in [0.25, 0.3) is 11.1 Å². The molecule has 0 atom stereocenters. The fourth-order valence-corrected chi connectivity index (χ4v) is 4.58. The summed E-state index contributed by atoms with van der Waals surface area (Å²) in [5, 5.41) is 0. The molecule has 28 heavy (non-hydrogen) atoms. The number of rotatable bonds is 8. The van der Waals surface area contributed by atoms with Gasteiger partial charge in [0.25, 0.3) is 0 Å². The van der Waals surface area contributed by atoms with Crippen LogP contribution in [-0.2, 0) is 0 Å². The van der Waals surface area contributed by atoms with Gasteiger partial charge in [0.15, 0.2) is 0 Å². The molecule has 1 aliphatic carbocycles. The highest BCUT2D eigenvalue weighted by molar-refractivity contribution is 5.64. The van der Waals surface area contributed by atoms with Crippen LogP contribution in [-0.4, -0.2) is 0 Å². The summed E-state index contributed by atoms with van der Waals surface area (Å²) in [5.41, 5.74) is 2.95. The second-order valence-corrected chi connectivity index (χ2v) is 8.61. The van der Waals surface area contributed by atoms with Crippen molar-refractivity contribution in [2.24, 2.45) is 5.92 Å². The largest absolute Gasteiger partial charge is 0.207 e. The highest BCUT2D eigenvalue weighted by atomic mass is 19.1. The molecule has 0 heterocycles. The van der Waals surface area contributed by atoms with Crippen molar-refractivity contribution in [3.05, 3.63) is 59.2 Å². The predicted octanol–water partition coefficient (Wildman–Crippen LogP) is 8.57. The van der Waals surface area contributed by atoms with Gasteiger partial charge in [0.1, 0.15) is 11.6 Å². The molecule has 2 aromatic rings. The van der Waals surface area contributed by atoms with Gasteiger partial charge in [0.05, 0.1) is 0 Å². The lowest BCUT2D eigenvalue weighted by atomic mass is 9.77. The third kappa shape index (κ3) is 5.43. The first-order valence-corrected chi connectivity index (χ1v) is 11.1. The fraction of sp³-hybridized carbons (Fsp3) is 0.538. The Bertz CT molecular complexity index is 717. The molecule has 0 nitrogen and oxygen atoms in total. The fourth-order valence-electron chi connectivity index (χ4n) is 4.58. The topological polar surface area (TPSA) is 0 Å². The van der Waals surface area contributed by atoms with Gasteiger partial charge in [0.2, 0.25) is 0 Å². The van der Waals surface area contributed by atoms with Crippen molar-refractivity contribution in [1.29, 1.82) is 0 Å². The molecule has 3 rings (SSSR count). The van der Waals surface area contributed by atoms with E-state index in [1.165, 1.54) is 88.8 Å². The average Bonchev–Trinajstić information content (AvgIpc) is 2.72. The number of hydrogen-bond donors (Lipinski definition) is 0. The lowest BCUT2D eigenvalue weighted by molar-refractivity contribution is 0.302. The van der Waals surface area contributed by atoms with E-state index in [1.807, 2.05) is 12.1 Å². The number of benzene rings is 2. The molecule has 0 spiro atoms. The summed E-state index contributed by atoms with van der Waals surface area (Å²) < 4.78 is 27.7. The van der Waals surface area contributed by atoms with E-state index in [0.29, 0.717) is 11.5 Å². The molecule has 1 saturated carbocycles. The van der Waals surface area contributed by atoms with Crippen LogP contribution in [0.2, 0.25) is 0 Å². The number of hydrogen-bond acceptors (Lipinski definition) is 0. The Morgan fingerprint density at radius 2 is 1.39 bits per heavy atom. The van der Waals surface area contributed by atoms with Crippen molar-refractivity contribution in [3.8, 4) is 11.1 Å². The van der Waals surface area contributed by atoms with Crippen LogP contribution >= 0.6 is 0 Å². The summed E-state index contributed by atoms with van der Waals surface area (Å²) >= 11 is 0. The van der Waals surface area contributed by atoms with Gasteiger partial charge in [-0.3, -0.25) is 0 Å². The van der Waals surface area contributed by atoms with E-state index in [0.717, 1.165) is 11.5 Å². The summed E-state index contributed by atoms with van der Waals surface area (Å²) in [4.78, 5) is 0. The summed E-state index contributed by atoms with van der Waals surface area (Å²) in [6.45, 7) is 3.74. The second kappa shape index (κ2) is 10.2. The van der Waals surface area contributed by atoms with Gasteiger partial charge in [-0.25, -0.2) is 8.78 Å². The van der Waals surface area contributed by atoms with Gasteiger partial charge in [-0.2, -0.15) is 0 Å². The van der Waals surface area contributed by atoms with E-state index in [1.54, 1.807) is 0 Å². The van der Waals surface area contributed by atoms with Gasteiger partial charge >= 0.3 is 0 Å². The molecule has 0 bridgehead atoms. The molecular weight excluding hydrogens is 350 g/mol. The SMILES string of the molecule is CCCCCCCC1CCC(c2ccc(-c3cc(F)c(C)c(F)c3)cc2)CC1. The quantitative estimate of drug-likeness (QED) is 0.400. The maximum Gasteiger partial charge on any atom is 0.129 e. The summed E-state index contributed by atoms with van der Waals surface area (Å²) in [6.07, 6.45) is 13.5. The molecule has 0 N–H and O–H groups in total. The molecule has 1 fully saturated rings.